The second-order valence-electron chi connectivity index (χ2n) is 6.40. The first-order valence-corrected chi connectivity index (χ1v) is 8.87. The van der Waals surface area contributed by atoms with Crippen LogP contribution in [0.4, 0.5) is 10.5 Å². The van der Waals surface area contributed by atoms with Crippen LogP contribution in [-0.2, 0) is 4.79 Å². The first-order chi connectivity index (χ1) is 13.5. The van der Waals surface area contributed by atoms with E-state index in [0.29, 0.717) is 5.69 Å². The number of benzene rings is 2. The lowest BCUT2D eigenvalue weighted by atomic mass is 10.1. The van der Waals surface area contributed by atoms with Gasteiger partial charge in [-0.1, -0.05) is 24.3 Å². The summed E-state index contributed by atoms with van der Waals surface area (Å²) in [6.07, 6.45) is 3.09. The Balaban J connectivity index is 1.47. The fourth-order valence-electron chi connectivity index (χ4n) is 2.69. The van der Waals surface area contributed by atoms with Gasteiger partial charge in [-0.25, -0.2) is 14.5 Å². The monoisotopic (exact) mass is 378 g/mol. The van der Waals surface area contributed by atoms with E-state index in [-0.39, 0.29) is 18.5 Å². The number of nitrogens with zero attached hydrogens (tertiary/aromatic N) is 3. The number of rotatable bonds is 6. The molecule has 0 aliphatic carbocycles. The molecule has 8 nitrogen and oxygen atoms in total. The van der Waals surface area contributed by atoms with E-state index in [4.69, 9.17) is 0 Å². The Hall–Kier alpha value is -3.68. The van der Waals surface area contributed by atoms with Crippen molar-refractivity contribution in [2.24, 2.45) is 0 Å². The standard InChI is InChI=1S/C20H22N6O2/c1-14-4-3-5-17(10-14)25-20(28)22-11-19(27)24-15(2)16-6-8-18(9-7-16)26-13-21-12-23-26/h3-10,12-13,15H,11H2,1-2H3,(H,24,27)(H2,22,25,28). The van der Waals surface area contributed by atoms with Crippen molar-refractivity contribution in [3.05, 3.63) is 72.3 Å². The summed E-state index contributed by atoms with van der Waals surface area (Å²) in [5, 5.41) is 12.2. The average Bonchev–Trinajstić information content (AvgIpc) is 3.21. The molecule has 3 N–H and O–H groups in total. The van der Waals surface area contributed by atoms with Crippen LogP contribution >= 0.6 is 0 Å². The van der Waals surface area contributed by atoms with E-state index >= 15 is 0 Å². The number of carbonyl (C=O) groups is 2. The second kappa shape index (κ2) is 8.81. The zero-order chi connectivity index (χ0) is 19.9. The third kappa shape index (κ3) is 5.16. The largest absolute Gasteiger partial charge is 0.348 e. The Morgan fingerprint density at radius 2 is 1.93 bits per heavy atom. The summed E-state index contributed by atoms with van der Waals surface area (Å²) in [4.78, 5) is 27.9. The molecule has 1 atom stereocenters. The summed E-state index contributed by atoms with van der Waals surface area (Å²) in [6, 6.07) is 14.5. The summed E-state index contributed by atoms with van der Waals surface area (Å²) < 4.78 is 1.66. The topological polar surface area (TPSA) is 101 Å². The highest BCUT2D eigenvalue weighted by atomic mass is 16.2. The van der Waals surface area contributed by atoms with Crippen molar-refractivity contribution in [3.8, 4) is 5.69 Å². The zero-order valence-electron chi connectivity index (χ0n) is 15.7. The Morgan fingerprint density at radius 1 is 1.14 bits per heavy atom. The number of anilines is 1. The van der Waals surface area contributed by atoms with Gasteiger partial charge < -0.3 is 16.0 Å². The Morgan fingerprint density at radius 3 is 2.61 bits per heavy atom. The molecule has 144 valence electrons. The normalized spacial score (nSPS) is 11.5. The van der Waals surface area contributed by atoms with Crippen molar-refractivity contribution >= 4 is 17.6 Å². The molecular weight excluding hydrogens is 356 g/mol. The van der Waals surface area contributed by atoms with Gasteiger partial charge in [-0.05, 0) is 49.2 Å². The molecular formula is C20H22N6O2. The predicted molar refractivity (Wildman–Crippen MR) is 106 cm³/mol. The van der Waals surface area contributed by atoms with E-state index in [9.17, 15) is 9.59 Å². The van der Waals surface area contributed by atoms with Crippen molar-refractivity contribution in [3.63, 3.8) is 0 Å². The van der Waals surface area contributed by atoms with E-state index < -0.39 is 6.03 Å². The minimum atomic E-state index is -0.425. The quantitative estimate of drug-likeness (QED) is 0.614. The van der Waals surface area contributed by atoms with Crippen LogP contribution in [0.25, 0.3) is 5.69 Å². The van der Waals surface area contributed by atoms with Gasteiger partial charge in [0.15, 0.2) is 0 Å². The van der Waals surface area contributed by atoms with E-state index in [1.807, 2.05) is 56.3 Å². The number of hydrogen-bond donors (Lipinski definition) is 3. The minimum Gasteiger partial charge on any atom is -0.348 e. The Bertz CT molecular complexity index is 938. The van der Waals surface area contributed by atoms with E-state index in [1.54, 1.807) is 17.1 Å². The number of amides is 3. The van der Waals surface area contributed by atoms with E-state index in [0.717, 1.165) is 16.8 Å². The van der Waals surface area contributed by atoms with Crippen LogP contribution in [0.3, 0.4) is 0 Å². The SMILES string of the molecule is Cc1cccc(NC(=O)NCC(=O)NC(C)c2ccc(-n3cncn3)cc2)c1. The Kier molecular flexibility index (Phi) is 6.01. The molecule has 0 saturated carbocycles. The maximum absolute atomic E-state index is 12.1. The maximum atomic E-state index is 12.1. The van der Waals surface area contributed by atoms with E-state index in [1.165, 1.54) is 6.33 Å². The number of hydrogen-bond acceptors (Lipinski definition) is 4. The van der Waals surface area contributed by atoms with Gasteiger partial charge in [0, 0.05) is 5.69 Å². The van der Waals surface area contributed by atoms with Gasteiger partial charge >= 0.3 is 6.03 Å². The lowest BCUT2D eigenvalue weighted by molar-refractivity contribution is -0.120. The van der Waals surface area contributed by atoms with Gasteiger partial charge in [-0.15, -0.1) is 0 Å². The summed E-state index contributed by atoms with van der Waals surface area (Å²) in [6.45, 7) is 3.71. The molecule has 8 heteroatoms. The number of urea groups is 1. The van der Waals surface area contributed by atoms with Crippen LogP contribution < -0.4 is 16.0 Å². The molecule has 3 aromatic rings. The number of carbonyl (C=O) groups excluding carboxylic acids is 2. The van der Waals surface area contributed by atoms with Crippen molar-refractivity contribution in [2.75, 3.05) is 11.9 Å². The lowest BCUT2D eigenvalue weighted by Crippen LogP contribution is -2.39. The highest BCUT2D eigenvalue weighted by Gasteiger charge is 2.11. The molecule has 0 saturated heterocycles. The molecule has 0 fully saturated rings. The summed E-state index contributed by atoms with van der Waals surface area (Å²) in [7, 11) is 0. The maximum Gasteiger partial charge on any atom is 0.319 e. The third-order valence-electron chi connectivity index (χ3n) is 4.14. The molecule has 0 radical (unpaired) electrons. The molecule has 1 heterocycles. The summed E-state index contributed by atoms with van der Waals surface area (Å²) >= 11 is 0. The highest BCUT2D eigenvalue weighted by molar-refractivity contribution is 5.92. The molecule has 3 amide bonds. The summed E-state index contributed by atoms with van der Waals surface area (Å²) in [5.74, 6) is -0.271. The minimum absolute atomic E-state index is 0.112. The van der Waals surface area contributed by atoms with Crippen LogP contribution in [-0.4, -0.2) is 33.2 Å². The Labute approximate surface area is 163 Å². The second-order valence-corrected chi connectivity index (χ2v) is 6.40. The number of aromatic nitrogens is 3. The van der Waals surface area contributed by atoms with E-state index in [2.05, 4.69) is 26.0 Å². The van der Waals surface area contributed by atoms with Crippen molar-refractivity contribution < 1.29 is 9.59 Å². The molecule has 2 aromatic carbocycles. The summed E-state index contributed by atoms with van der Waals surface area (Å²) in [5.41, 5.74) is 3.55. The van der Waals surface area contributed by atoms with Gasteiger partial charge in [-0.3, -0.25) is 4.79 Å². The van der Waals surface area contributed by atoms with Crippen molar-refractivity contribution in [1.82, 2.24) is 25.4 Å². The molecule has 0 aliphatic heterocycles. The smallest absolute Gasteiger partial charge is 0.319 e. The van der Waals surface area contributed by atoms with Crippen LogP contribution in [0.2, 0.25) is 0 Å². The molecule has 28 heavy (non-hydrogen) atoms. The van der Waals surface area contributed by atoms with Crippen molar-refractivity contribution in [1.29, 1.82) is 0 Å². The molecule has 0 spiro atoms. The fraction of sp³-hybridized carbons (Fsp3) is 0.200. The van der Waals surface area contributed by atoms with Gasteiger partial charge in [-0.2, -0.15) is 5.10 Å². The highest BCUT2D eigenvalue weighted by Crippen LogP contribution is 2.15. The molecule has 1 aromatic heterocycles. The molecule has 1 unspecified atom stereocenters. The van der Waals surface area contributed by atoms with Crippen LogP contribution in [0, 0.1) is 6.92 Å². The van der Waals surface area contributed by atoms with Crippen molar-refractivity contribution in [2.45, 2.75) is 19.9 Å². The van der Waals surface area contributed by atoms with Gasteiger partial charge in [0.2, 0.25) is 5.91 Å². The fourth-order valence-corrected chi connectivity index (χ4v) is 2.69. The van der Waals surface area contributed by atoms with Crippen LogP contribution in [0.5, 0.6) is 0 Å². The lowest BCUT2D eigenvalue weighted by Gasteiger charge is -2.15. The number of aryl methyl sites for hydroxylation is 1. The van der Waals surface area contributed by atoms with Gasteiger partial charge in [0.1, 0.15) is 12.7 Å². The first-order valence-electron chi connectivity index (χ1n) is 8.87. The molecule has 0 aliphatic rings. The number of nitrogens with one attached hydrogen (secondary N) is 3. The molecule has 3 rings (SSSR count). The van der Waals surface area contributed by atoms with Crippen LogP contribution in [0.15, 0.2) is 61.2 Å². The predicted octanol–water partition coefficient (Wildman–Crippen LogP) is 2.57. The van der Waals surface area contributed by atoms with Gasteiger partial charge in [0.05, 0.1) is 18.3 Å². The van der Waals surface area contributed by atoms with Gasteiger partial charge in [0.25, 0.3) is 0 Å². The van der Waals surface area contributed by atoms with Crippen LogP contribution in [0.1, 0.15) is 24.1 Å². The third-order valence-corrected chi connectivity index (χ3v) is 4.14. The molecule has 0 bridgehead atoms. The average molecular weight is 378 g/mol. The first kappa shape index (κ1) is 19.1. The zero-order valence-corrected chi connectivity index (χ0v) is 15.7.